The molecule has 1 aromatic rings. The summed E-state index contributed by atoms with van der Waals surface area (Å²) in [5.41, 5.74) is 0. The Morgan fingerprint density at radius 2 is 2.18 bits per heavy atom. The van der Waals surface area contributed by atoms with Crippen LogP contribution >= 0.6 is 11.8 Å². The highest BCUT2D eigenvalue weighted by molar-refractivity contribution is 8.01. The van der Waals surface area contributed by atoms with Gasteiger partial charge in [0.05, 0.1) is 6.10 Å². The summed E-state index contributed by atoms with van der Waals surface area (Å²) >= 11 is 1.19. The van der Waals surface area contributed by atoms with Crippen LogP contribution < -0.4 is 4.74 Å². The lowest BCUT2D eigenvalue weighted by molar-refractivity contribution is -0.138. The number of aromatic nitrogens is 1. The quantitative estimate of drug-likeness (QED) is 0.820. The highest BCUT2D eigenvalue weighted by Gasteiger charge is 2.30. The van der Waals surface area contributed by atoms with Crippen LogP contribution in [0, 0.1) is 0 Å². The molecule has 0 amide bonds. The fourth-order valence-electron chi connectivity index (χ4n) is 1.08. The van der Waals surface area contributed by atoms with Crippen LogP contribution in [0.5, 0.6) is 5.75 Å². The van der Waals surface area contributed by atoms with E-state index in [9.17, 15) is 4.79 Å². The van der Waals surface area contributed by atoms with E-state index in [1.54, 1.807) is 32.2 Å². The molecule has 1 heterocycles. The highest BCUT2D eigenvalue weighted by atomic mass is 32.2. The van der Waals surface area contributed by atoms with Crippen LogP contribution in [-0.4, -0.2) is 26.9 Å². The predicted octanol–water partition coefficient (Wildman–Crippen LogP) is 2.82. The van der Waals surface area contributed by atoms with Crippen molar-refractivity contribution in [1.29, 1.82) is 0 Å². The average molecular weight is 255 g/mol. The Balaban J connectivity index is 2.94. The van der Waals surface area contributed by atoms with Gasteiger partial charge < -0.3 is 9.84 Å². The lowest BCUT2D eigenvalue weighted by Crippen LogP contribution is -2.27. The zero-order valence-electron chi connectivity index (χ0n) is 10.4. The van der Waals surface area contributed by atoms with Gasteiger partial charge in [0.25, 0.3) is 0 Å². The van der Waals surface area contributed by atoms with Gasteiger partial charge in [-0.3, -0.25) is 4.79 Å². The van der Waals surface area contributed by atoms with Crippen LogP contribution in [0.2, 0.25) is 0 Å². The summed E-state index contributed by atoms with van der Waals surface area (Å²) in [7, 11) is 0. The van der Waals surface area contributed by atoms with Gasteiger partial charge in [0.1, 0.15) is 9.77 Å². The lowest BCUT2D eigenvalue weighted by atomic mass is 10.2. The Hall–Kier alpha value is -1.23. The first-order valence-electron chi connectivity index (χ1n) is 5.37. The molecule has 0 fully saturated rings. The molecule has 94 valence electrons. The Kier molecular flexibility index (Phi) is 4.40. The molecule has 0 saturated carbocycles. The van der Waals surface area contributed by atoms with Gasteiger partial charge >= 0.3 is 5.97 Å². The summed E-state index contributed by atoms with van der Waals surface area (Å²) in [5, 5.41) is 9.69. The summed E-state index contributed by atoms with van der Waals surface area (Å²) in [6.07, 6.45) is 1.67. The van der Waals surface area contributed by atoms with Gasteiger partial charge in [0, 0.05) is 6.20 Å². The second-order valence-corrected chi connectivity index (χ2v) is 6.00. The van der Waals surface area contributed by atoms with Crippen LogP contribution in [0.25, 0.3) is 0 Å². The predicted molar refractivity (Wildman–Crippen MR) is 67.6 cm³/mol. The topological polar surface area (TPSA) is 59.4 Å². The second-order valence-electron chi connectivity index (χ2n) is 4.39. The maximum Gasteiger partial charge on any atom is 0.319 e. The van der Waals surface area contributed by atoms with Gasteiger partial charge in [-0.15, -0.1) is 0 Å². The molecule has 4 nitrogen and oxygen atoms in total. The van der Waals surface area contributed by atoms with Crippen molar-refractivity contribution in [3.05, 3.63) is 18.3 Å². The molecule has 1 N–H and O–H groups in total. The Morgan fingerprint density at radius 1 is 1.53 bits per heavy atom. The van der Waals surface area contributed by atoms with Crippen LogP contribution in [0.4, 0.5) is 0 Å². The van der Waals surface area contributed by atoms with E-state index >= 15 is 0 Å². The van der Waals surface area contributed by atoms with E-state index in [1.165, 1.54) is 11.8 Å². The Morgan fingerprint density at radius 3 is 2.71 bits per heavy atom. The molecule has 0 saturated heterocycles. The second kappa shape index (κ2) is 5.40. The molecule has 0 spiro atoms. The van der Waals surface area contributed by atoms with Crippen LogP contribution in [0.1, 0.15) is 27.7 Å². The van der Waals surface area contributed by atoms with E-state index in [2.05, 4.69) is 4.98 Å². The molecule has 0 bridgehead atoms. The summed E-state index contributed by atoms with van der Waals surface area (Å²) < 4.78 is 4.67. The number of ether oxygens (including phenoxy) is 1. The summed E-state index contributed by atoms with van der Waals surface area (Å²) in [6, 6.07) is 3.57. The van der Waals surface area contributed by atoms with Crippen molar-refractivity contribution >= 4 is 17.7 Å². The summed E-state index contributed by atoms with van der Waals surface area (Å²) in [6.45, 7) is 7.13. The van der Waals surface area contributed by atoms with Gasteiger partial charge in [-0.2, -0.15) is 0 Å². The van der Waals surface area contributed by atoms with Gasteiger partial charge in [-0.05, 0) is 39.8 Å². The number of carboxylic acid groups (broad SMARTS) is 1. The number of rotatable bonds is 5. The van der Waals surface area contributed by atoms with Crippen molar-refractivity contribution in [1.82, 2.24) is 4.98 Å². The zero-order valence-corrected chi connectivity index (χ0v) is 11.2. The Labute approximate surface area is 105 Å². The standard InChI is InChI=1S/C12H17NO3S/c1-8(2)16-9-6-5-7-13-10(9)17-12(3,4)11(14)15/h5-8H,1-4H3,(H,14,15). The van der Waals surface area contributed by atoms with E-state index < -0.39 is 10.7 Å². The highest BCUT2D eigenvalue weighted by Crippen LogP contribution is 2.36. The molecule has 0 aliphatic rings. The van der Waals surface area contributed by atoms with Gasteiger partial charge in [-0.1, -0.05) is 11.8 Å². The largest absolute Gasteiger partial charge is 0.488 e. The molecule has 0 atom stereocenters. The molecule has 0 aromatic carbocycles. The van der Waals surface area contributed by atoms with Crippen LogP contribution in [-0.2, 0) is 4.79 Å². The van der Waals surface area contributed by atoms with Crippen molar-refractivity contribution in [3.63, 3.8) is 0 Å². The third-order valence-electron chi connectivity index (χ3n) is 1.97. The molecule has 0 unspecified atom stereocenters. The third-order valence-corrected chi connectivity index (χ3v) is 3.15. The fourth-order valence-corrected chi connectivity index (χ4v) is 1.98. The van der Waals surface area contributed by atoms with Crippen LogP contribution in [0.3, 0.4) is 0 Å². The Bertz CT molecular complexity index is 404. The molecule has 0 aliphatic heterocycles. The molecule has 1 rings (SSSR count). The first kappa shape index (κ1) is 13.8. The monoisotopic (exact) mass is 255 g/mol. The van der Waals surface area contributed by atoms with Crippen LogP contribution in [0.15, 0.2) is 23.4 Å². The van der Waals surface area contributed by atoms with Crippen molar-refractivity contribution in [2.24, 2.45) is 0 Å². The number of aliphatic carboxylic acids is 1. The molecule has 0 radical (unpaired) electrons. The molecular formula is C12H17NO3S. The van der Waals surface area contributed by atoms with Gasteiger partial charge in [0.15, 0.2) is 5.75 Å². The van der Waals surface area contributed by atoms with Crippen molar-refractivity contribution in [2.75, 3.05) is 0 Å². The molecule has 0 aliphatic carbocycles. The minimum Gasteiger partial charge on any atom is -0.488 e. The number of carbonyl (C=O) groups is 1. The number of thioether (sulfide) groups is 1. The average Bonchev–Trinajstić information content (AvgIpc) is 2.19. The van der Waals surface area contributed by atoms with E-state index in [1.807, 2.05) is 13.8 Å². The normalized spacial score (nSPS) is 11.6. The summed E-state index contributed by atoms with van der Waals surface area (Å²) in [5.74, 6) is -0.245. The number of hydrogen-bond donors (Lipinski definition) is 1. The van der Waals surface area contributed by atoms with Crippen molar-refractivity contribution < 1.29 is 14.6 Å². The minimum atomic E-state index is -0.927. The molecular weight excluding hydrogens is 238 g/mol. The van der Waals surface area contributed by atoms with Gasteiger partial charge in [0.2, 0.25) is 0 Å². The molecule has 1 aromatic heterocycles. The van der Waals surface area contributed by atoms with Gasteiger partial charge in [-0.25, -0.2) is 4.98 Å². The van der Waals surface area contributed by atoms with Crippen molar-refractivity contribution in [2.45, 2.75) is 43.6 Å². The first-order valence-corrected chi connectivity index (χ1v) is 6.18. The smallest absolute Gasteiger partial charge is 0.319 e. The lowest BCUT2D eigenvalue weighted by Gasteiger charge is -2.20. The number of hydrogen-bond acceptors (Lipinski definition) is 4. The van der Waals surface area contributed by atoms with E-state index in [-0.39, 0.29) is 6.10 Å². The van der Waals surface area contributed by atoms with Crippen molar-refractivity contribution in [3.8, 4) is 5.75 Å². The number of nitrogens with zero attached hydrogens (tertiary/aromatic N) is 1. The first-order chi connectivity index (χ1) is 7.83. The van der Waals surface area contributed by atoms with E-state index in [0.717, 1.165) is 0 Å². The van der Waals surface area contributed by atoms with E-state index in [0.29, 0.717) is 10.8 Å². The maximum atomic E-state index is 11.1. The van der Waals surface area contributed by atoms with E-state index in [4.69, 9.17) is 9.84 Å². The number of carboxylic acids is 1. The summed E-state index contributed by atoms with van der Waals surface area (Å²) in [4.78, 5) is 15.2. The SMILES string of the molecule is CC(C)Oc1cccnc1SC(C)(C)C(=O)O. The fraction of sp³-hybridized carbons (Fsp3) is 0.500. The third kappa shape index (κ3) is 3.93. The number of pyridine rings is 1. The molecule has 5 heteroatoms. The maximum absolute atomic E-state index is 11.1. The minimum absolute atomic E-state index is 0.0338. The molecule has 17 heavy (non-hydrogen) atoms. The zero-order chi connectivity index (χ0) is 13.1.